The molecule has 3 aromatic carbocycles. The Bertz CT molecular complexity index is 1140. The molecule has 1 aliphatic heterocycles. The van der Waals surface area contributed by atoms with Gasteiger partial charge in [-0.1, -0.05) is 72.4 Å². The summed E-state index contributed by atoms with van der Waals surface area (Å²) in [6.07, 6.45) is 3.68. The van der Waals surface area contributed by atoms with Crippen LogP contribution in [-0.2, 0) is 11.2 Å². The summed E-state index contributed by atoms with van der Waals surface area (Å²) >= 11 is 1.44. The summed E-state index contributed by atoms with van der Waals surface area (Å²) < 4.78 is 0. The van der Waals surface area contributed by atoms with E-state index in [9.17, 15) is 9.59 Å². The molecule has 4 rings (SSSR count). The van der Waals surface area contributed by atoms with E-state index >= 15 is 0 Å². The minimum atomic E-state index is -0.121. The second kappa shape index (κ2) is 9.88. The van der Waals surface area contributed by atoms with E-state index in [2.05, 4.69) is 17.4 Å². The number of amides is 2. The van der Waals surface area contributed by atoms with Crippen molar-refractivity contribution in [2.24, 2.45) is 0 Å². The zero-order chi connectivity index (χ0) is 22.5. The van der Waals surface area contributed by atoms with Crippen molar-refractivity contribution in [3.8, 4) is 0 Å². The summed E-state index contributed by atoms with van der Waals surface area (Å²) in [6.45, 7) is 2.02. The second-order valence-corrected chi connectivity index (χ2v) is 9.05. The highest BCUT2D eigenvalue weighted by molar-refractivity contribution is 8.04. The lowest BCUT2D eigenvalue weighted by Crippen LogP contribution is -2.34. The van der Waals surface area contributed by atoms with Gasteiger partial charge in [0.05, 0.1) is 10.6 Å². The van der Waals surface area contributed by atoms with Crippen LogP contribution in [0, 0.1) is 0 Å². The zero-order valence-corrected chi connectivity index (χ0v) is 19.1. The highest BCUT2D eigenvalue weighted by Crippen LogP contribution is 2.42. The molecule has 1 aliphatic rings. The summed E-state index contributed by atoms with van der Waals surface area (Å²) in [5.41, 5.74) is 3.57. The molecule has 1 unspecified atom stereocenters. The Kier molecular flexibility index (Phi) is 6.76. The number of rotatable bonds is 6. The average Bonchev–Trinajstić information content (AvgIpc) is 2.82. The van der Waals surface area contributed by atoms with Gasteiger partial charge in [0.25, 0.3) is 11.8 Å². The molecule has 162 valence electrons. The molecule has 32 heavy (non-hydrogen) atoms. The molecule has 4 nitrogen and oxygen atoms in total. The molecule has 5 heteroatoms. The van der Waals surface area contributed by atoms with Gasteiger partial charge in [0.2, 0.25) is 0 Å². The van der Waals surface area contributed by atoms with E-state index in [1.54, 1.807) is 18.0 Å². The number of nitrogens with one attached hydrogen (secondary N) is 1. The van der Waals surface area contributed by atoms with Gasteiger partial charge in [-0.25, -0.2) is 0 Å². The van der Waals surface area contributed by atoms with Gasteiger partial charge in [-0.15, -0.1) is 0 Å². The van der Waals surface area contributed by atoms with Gasteiger partial charge in [-0.3, -0.25) is 9.59 Å². The van der Waals surface area contributed by atoms with Crippen LogP contribution >= 0.6 is 11.8 Å². The van der Waals surface area contributed by atoms with E-state index in [4.69, 9.17) is 0 Å². The van der Waals surface area contributed by atoms with Crippen molar-refractivity contribution in [3.63, 3.8) is 0 Å². The van der Waals surface area contributed by atoms with Crippen LogP contribution in [0.25, 0.3) is 6.08 Å². The van der Waals surface area contributed by atoms with Crippen LogP contribution < -0.4 is 10.2 Å². The van der Waals surface area contributed by atoms with Crippen LogP contribution in [0.4, 0.5) is 5.69 Å². The lowest BCUT2D eigenvalue weighted by Gasteiger charge is -2.27. The largest absolute Gasteiger partial charge is 0.350 e. The van der Waals surface area contributed by atoms with Crippen molar-refractivity contribution in [2.75, 3.05) is 11.9 Å². The predicted octanol–water partition coefficient (Wildman–Crippen LogP) is 5.55. The molecule has 0 saturated heterocycles. The molecule has 1 heterocycles. The van der Waals surface area contributed by atoms with Crippen molar-refractivity contribution < 1.29 is 9.59 Å². The summed E-state index contributed by atoms with van der Waals surface area (Å²) in [5, 5.41) is 3.08. The van der Waals surface area contributed by atoms with E-state index in [-0.39, 0.29) is 17.9 Å². The molecule has 0 bridgehead atoms. The minimum Gasteiger partial charge on any atom is -0.350 e. The number of hydrogen-bond acceptors (Lipinski definition) is 3. The van der Waals surface area contributed by atoms with Crippen LogP contribution in [0.2, 0.25) is 0 Å². The van der Waals surface area contributed by atoms with E-state index in [0.29, 0.717) is 10.5 Å². The van der Waals surface area contributed by atoms with Crippen LogP contribution in [-0.4, -0.2) is 24.9 Å². The maximum absolute atomic E-state index is 12.9. The molecular formula is C27H26N2O2S. The number of nitrogens with zero attached hydrogens (tertiary/aromatic N) is 1. The van der Waals surface area contributed by atoms with Gasteiger partial charge in [-0.05, 0) is 55.2 Å². The van der Waals surface area contributed by atoms with Gasteiger partial charge >= 0.3 is 0 Å². The second-order valence-electron chi connectivity index (χ2n) is 7.97. The Hall–Kier alpha value is -3.31. The molecule has 1 atom stereocenters. The fourth-order valence-corrected chi connectivity index (χ4v) is 4.74. The summed E-state index contributed by atoms with van der Waals surface area (Å²) in [6, 6.07) is 25.7. The third-order valence-electron chi connectivity index (χ3n) is 5.50. The Morgan fingerprint density at radius 1 is 1.03 bits per heavy atom. The molecule has 0 saturated carbocycles. The standard InChI is InChI=1S/C27H26N2O2S/c1-19(13-14-20-9-5-3-6-10-20)28-26(30)22-15-16-24-23(18-22)29(2)27(31)25(32-24)17-21-11-7-4-8-12-21/h3-12,15-19H,13-14H2,1-2H3,(H,28,30). The normalized spacial score (nSPS) is 15.4. The molecule has 0 aliphatic carbocycles. The molecule has 3 aromatic rings. The SMILES string of the molecule is CC(CCc1ccccc1)NC(=O)c1ccc2c(c1)N(C)C(=O)C(=Cc1ccccc1)S2. The number of benzene rings is 3. The van der Waals surface area contributed by atoms with E-state index in [1.807, 2.05) is 73.7 Å². The predicted molar refractivity (Wildman–Crippen MR) is 132 cm³/mol. The number of carbonyl (C=O) groups excluding carboxylic acids is 2. The summed E-state index contributed by atoms with van der Waals surface area (Å²) in [5.74, 6) is -0.190. The molecule has 0 fully saturated rings. The number of likely N-dealkylation sites (N-methyl/N-ethyl adjacent to an activating group) is 1. The van der Waals surface area contributed by atoms with Crippen molar-refractivity contribution in [3.05, 3.63) is 100 Å². The number of fused-ring (bicyclic) bond motifs is 1. The number of hydrogen-bond donors (Lipinski definition) is 1. The van der Waals surface area contributed by atoms with E-state index < -0.39 is 0 Å². The molecule has 0 spiro atoms. The van der Waals surface area contributed by atoms with Crippen molar-refractivity contribution in [1.29, 1.82) is 0 Å². The number of aryl methyl sites for hydroxylation is 1. The summed E-state index contributed by atoms with van der Waals surface area (Å²) in [4.78, 5) is 29.0. The molecule has 1 N–H and O–H groups in total. The lowest BCUT2D eigenvalue weighted by molar-refractivity contribution is -0.114. The fraction of sp³-hybridized carbons (Fsp3) is 0.185. The van der Waals surface area contributed by atoms with Gasteiger partial charge in [-0.2, -0.15) is 0 Å². The quantitative estimate of drug-likeness (QED) is 0.510. The monoisotopic (exact) mass is 442 g/mol. The maximum atomic E-state index is 12.9. The van der Waals surface area contributed by atoms with Crippen molar-refractivity contribution in [1.82, 2.24) is 5.32 Å². The third kappa shape index (κ3) is 5.11. The van der Waals surface area contributed by atoms with Crippen molar-refractivity contribution in [2.45, 2.75) is 30.7 Å². The van der Waals surface area contributed by atoms with Gasteiger partial charge in [0, 0.05) is 23.5 Å². The summed E-state index contributed by atoms with van der Waals surface area (Å²) in [7, 11) is 1.75. The first-order valence-electron chi connectivity index (χ1n) is 10.7. The van der Waals surface area contributed by atoms with E-state index in [0.717, 1.165) is 29.0 Å². The Morgan fingerprint density at radius 3 is 2.44 bits per heavy atom. The number of anilines is 1. The Morgan fingerprint density at radius 2 is 1.72 bits per heavy atom. The van der Waals surface area contributed by atoms with Gasteiger partial charge in [0.15, 0.2) is 0 Å². The highest BCUT2D eigenvalue weighted by atomic mass is 32.2. The third-order valence-corrected chi connectivity index (χ3v) is 6.58. The van der Waals surface area contributed by atoms with Crippen LogP contribution in [0.3, 0.4) is 0 Å². The molecule has 0 radical (unpaired) electrons. The first-order valence-corrected chi connectivity index (χ1v) is 11.5. The van der Waals surface area contributed by atoms with Gasteiger partial charge < -0.3 is 10.2 Å². The Balaban J connectivity index is 1.45. The smallest absolute Gasteiger partial charge is 0.264 e. The fourth-order valence-electron chi connectivity index (χ4n) is 3.64. The number of carbonyl (C=O) groups is 2. The van der Waals surface area contributed by atoms with Gasteiger partial charge in [0.1, 0.15) is 0 Å². The van der Waals surface area contributed by atoms with Crippen molar-refractivity contribution >= 4 is 35.3 Å². The average molecular weight is 443 g/mol. The topological polar surface area (TPSA) is 49.4 Å². The molecule has 0 aromatic heterocycles. The first-order chi connectivity index (χ1) is 15.5. The zero-order valence-electron chi connectivity index (χ0n) is 18.2. The highest BCUT2D eigenvalue weighted by Gasteiger charge is 2.27. The molecular weight excluding hydrogens is 416 g/mol. The van der Waals surface area contributed by atoms with Crippen LogP contribution in [0.15, 0.2) is 88.7 Å². The molecule has 2 amide bonds. The van der Waals surface area contributed by atoms with Crippen LogP contribution in [0.5, 0.6) is 0 Å². The number of thioether (sulfide) groups is 1. The lowest BCUT2D eigenvalue weighted by atomic mass is 10.1. The van der Waals surface area contributed by atoms with Crippen LogP contribution in [0.1, 0.15) is 34.8 Å². The Labute approximate surface area is 193 Å². The minimum absolute atomic E-state index is 0.0490. The first kappa shape index (κ1) is 21.9. The van der Waals surface area contributed by atoms with E-state index in [1.165, 1.54) is 17.3 Å². The maximum Gasteiger partial charge on any atom is 0.264 e.